The van der Waals surface area contributed by atoms with E-state index in [1.807, 2.05) is 0 Å². The lowest BCUT2D eigenvalue weighted by atomic mass is 10.0. The molecule has 0 fully saturated rings. The Morgan fingerprint density at radius 1 is 1.05 bits per heavy atom. The minimum absolute atomic E-state index is 0.120. The number of alkyl halides is 3. The van der Waals surface area contributed by atoms with E-state index in [2.05, 4.69) is 0 Å². The lowest BCUT2D eigenvalue weighted by Crippen LogP contribution is -2.09. The van der Waals surface area contributed by atoms with E-state index in [-0.39, 0.29) is 5.02 Å². The summed E-state index contributed by atoms with van der Waals surface area (Å²) >= 11 is 5.78. The van der Waals surface area contributed by atoms with Crippen LogP contribution in [0.25, 0.3) is 11.1 Å². The summed E-state index contributed by atoms with van der Waals surface area (Å²) in [6.45, 7) is 0. The molecule has 0 saturated carbocycles. The molecule has 0 spiro atoms. The van der Waals surface area contributed by atoms with Gasteiger partial charge in [-0.15, -0.1) is 0 Å². The number of anilines is 1. The summed E-state index contributed by atoms with van der Waals surface area (Å²) in [6, 6.07) is 9.03. The van der Waals surface area contributed by atoms with Crippen molar-refractivity contribution in [1.82, 2.24) is 0 Å². The van der Waals surface area contributed by atoms with E-state index in [1.165, 1.54) is 13.2 Å². The molecule has 0 heterocycles. The van der Waals surface area contributed by atoms with E-state index in [1.54, 1.807) is 24.3 Å². The fourth-order valence-electron chi connectivity index (χ4n) is 1.80. The minimum Gasteiger partial charge on any atom is -0.497 e. The van der Waals surface area contributed by atoms with E-state index in [0.29, 0.717) is 16.9 Å². The molecular formula is C14H11ClF3NO. The summed E-state index contributed by atoms with van der Waals surface area (Å²) in [5.74, 6) is 0.617. The average Bonchev–Trinajstić information content (AvgIpc) is 2.40. The van der Waals surface area contributed by atoms with Gasteiger partial charge in [0, 0.05) is 0 Å². The smallest absolute Gasteiger partial charge is 0.418 e. The van der Waals surface area contributed by atoms with Crippen LogP contribution in [-0.2, 0) is 6.18 Å². The van der Waals surface area contributed by atoms with Crippen LogP contribution in [0.2, 0.25) is 5.02 Å². The van der Waals surface area contributed by atoms with Crippen molar-refractivity contribution in [1.29, 1.82) is 0 Å². The second-order valence-corrected chi connectivity index (χ2v) is 4.55. The van der Waals surface area contributed by atoms with Gasteiger partial charge in [0.15, 0.2) is 0 Å². The van der Waals surface area contributed by atoms with Crippen LogP contribution in [0.1, 0.15) is 5.56 Å². The van der Waals surface area contributed by atoms with E-state index in [4.69, 9.17) is 22.1 Å². The van der Waals surface area contributed by atoms with E-state index >= 15 is 0 Å². The topological polar surface area (TPSA) is 35.2 Å². The van der Waals surface area contributed by atoms with Crippen molar-refractivity contribution in [3.63, 3.8) is 0 Å². The van der Waals surface area contributed by atoms with Crippen molar-refractivity contribution in [3.8, 4) is 16.9 Å². The number of hydrogen-bond acceptors (Lipinski definition) is 2. The summed E-state index contributed by atoms with van der Waals surface area (Å²) in [7, 11) is 1.51. The first-order valence-electron chi connectivity index (χ1n) is 5.63. The normalized spacial score (nSPS) is 11.4. The van der Waals surface area contributed by atoms with Gasteiger partial charge in [-0.3, -0.25) is 0 Å². The third kappa shape index (κ3) is 2.82. The summed E-state index contributed by atoms with van der Waals surface area (Å²) in [5.41, 5.74) is 4.94. The zero-order chi connectivity index (χ0) is 14.9. The van der Waals surface area contributed by atoms with Crippen LogP contribution in [0.5, 0.6) is 5.75 Å². The van der Waals surface area contributed by atoms with Crippen molar-refractivity contribution in [2.45, 2.75) is 6.18 Å². The molecule has 0 aromatic heterocycles. The van der Waals surface area contributed by atoms with E-state index < -0.39 is 17.4 Å². The average molecular weight is 302 g/mol. The number of ether oxygens (including phenoxy) is 1. The van der Waals surface area contributed by atoms with Crippen LogP contribution < -0.4 is 10.5 Å². The SMILES string of the molecule is COc1ccc(-c2cc(Cl)c(N)c(C(F)(F)F)c2)cc1. The van der Waals surface area contributed by atoms with E-state index in [9.17, 15) is 13.2 Å². The van der Waals surface area contributed by atoms with Crippen LogP contribution in [-0.4, -0.2) is 7.11 Å². The number of nitrogen functional groups attached to an aromatic ring is 1. The second-order valence-electron chi connectivity index (χ2n) is 4.15. The number of rotatable bonds is 2. The molecule has 2 rings (SSSR count). The Balaban J connectivity index is 2.54. The van der Waals surface area contributed by atoms with Crippen molar-refractivity contribution in [2.24, 2.45) is 0 Å². The molecule has 20 heavy (non-hydrogen) atoms. The van der Waals surface area contributed by atoms with Crippen molar-refractivity contribution in [2.75, 3.05) is 12.8 Å². The Morgan fingerprint density at radius 3 is 2.15 bits per heavy atom. The Hall–Kier alpha value is -1.88. The van der Waals surface area contributed by atoms with Crippen LogP contribution in [0.15, 0.2) is 36.4 Å². The third-order valence-corrected chi connectivity index (χ3v) is 3.17. The second kappa shape index (κ2) is 5.25. The number of hydrogen-bond donors (Lipinski definition) is 1. The highest BCUT2D eigenvalue weighted by molar-refractivity contribution is 6.33. The number of benzene rings is 2. The van der Waals surface area contributed by atoms with Gasteiger partial charge in [-0.25, -0.2) is 0 Å². The maximum absolute atomic E-state index is 12.9. The fraction of sp³-hybridized carbons (Fsp3) is 0.143. The highest BCUT2D eigenvalue weighted by atomic mass is 35.5. The summed E-state index contributed by atoms with van der Waals surface area (Å²) in [4.78, 5) is 0. The van der Waals surface area contributed by atoms with Crippen molar-refractivity contribution in [3.05, 3.63) is 47.0 Å². The molecule has 6 heteroatoms. The molecule has 2 aromatic carbocycles. The van der Waals surface area contributed by atoms with Gasteiger partial charge < -0.3 is 10.5 Å². The molecule has 0 aliphatic heterocycles. The zero-order valence-corrected chi connectivity index (χ0v) is 11.2. The van der Waals surface area contributed by atoms with Crippen LogP contribution in [0, 0.1) is 0 Å². The third-order valence-electron chi connectivity index (χ3n) is 2.86. The maximum Gasteiger partial charge on any atom is 0.418 e. The maximum atomic E-state index is 12.9. The van der Waals surface area contributed by atoms with Gasteiger partial charge in [-0.2, -0.15) is 13.2 Å². The molecule has 2 N–H and O–H groups in total. The summed E-state index contributed by atoms with van der Waals surface area (Å²) in [6.07, 6.45) is -4.55. The molecule has 0 bridgehead atoms. The number of halogens is 4. The molecule has 0 atom stereocenters. The van der Waals surface area contributed by atoms with Crippen LogP contribution in [0.4, 0.5) is 18.9 Å². The first-order valence-corrected chi connectivity index (χ1v) is 6.01. The molecule has 0 unspecified atom stereocenters. The Labute approximate surface area is 118 Å². The van der Waals surface area contributed by atoms with Crippen molar-refractivity contribution < 1.29 is 17.9 Å². The molecule has 0 aliphatic rings. The van der Waals surface area contributed by atoms with Gasteiger partial charge in [0.05, 0.1) is 23.4 Å². The zero-order valence-electron chi connectivity index (χ0n) is 10.5. The quantitative estimate of drug-likeness (QED) is 0.822. The van der Waals surface area contributed by atoms with Gasteiger partial charge in [0.1, 0.15) is 5.75 Å². The van der Waals surface area contributed by atoms with Gasteiger partial charge in [0.2, 0.25) is 0 Å². The highest BCUT2D eigenvalue weighted by Gasteiger charge is 2.34. The minimum atomic E-state index is -4.55. The molecule has 0 aliphatic carbocycles. The number of nitrogens with two attached hydrogens (primary N) is 1. The molecule has 2 aromatic rings. The number of methoxy groups -OCH3 is 1. The molecular weight excluding hydrogens is 291 g/mol. The van der Waals surface area contributed by atoms with Crippen LogP contribution >= 0.6 is 11.6 Å². The predicted molar refractivity (Wildman–Crippen MR) is 72.9 cm³/mol. The van der Waals surface area contributed by atoms with Crippen LogP contribution in [0.3, 0.4) is 0 Å². The van der Waals surface area contributed by atoms with E-state index in [0.717, 1.165) is 6.07 Å². The predicted octanol–water partition coefficient (Wildman–Crippen LogP) is 4.62. The summed E-state index contributed by atoms with van der Waals surface area (Å²) < 4.78 is 43.7. The summed E-state index contributed by atoms with van der Waals surface area (Å²) in [5, 5.41) is -0.120. The monoisotopic (exact) mass is 301 g/mol. The standard InChI is InChI=1S/C14H11ClF3NO/c1-20-10-4-2-8(3-5-10)9-6-11(14(16,17)18)13(19)12(15)7-9/h2-7H,19H2,1H3. The Bertz CT molecular complexity index is 624. The lowest BCUT2D eigenvalue weighted by Gasteiger charge is -2.14. The Morgan fingerprint density at radius 2 is 1.65 bits per heavy atom. The molecule has 0 radical (unpaired) electrons. The molecule has 0 saturated heterocycles. The lowest BCUT2D eigenvalue weighted by molar-refractivity contribution is -0.136. The first kappa shape index (κ1) is 14.5. The van der Waals surface area contributed by atoms with Crippen molar-refractivity contribution >= 4 is 17.3 Å². The Kier molecular flexibility index (Phi) is 3.81. The molecule has 0 amide bonds. The fourth-order valence-corrected chi connectivity index (χ4v) is 2.02. The van der Waals surface area contributed by atoms with Gasteiger partial charge in [-0.05, 0) is 35.4 Å². The van der Waals surface area contributed by atoms with Gasteiger partial charge in [0.25, 0.3) is 0 Å². The molecule has 106 valence electrons. The highest BCUT2D eigenvalue weighted by Crippen LogP contribution is 2.40. The largest absolute Gasteiger partial charge is 0.497 e. The van der Waals surface area contributed by atoms with Gasteiger partial charge >= 0.3 is 6.18 Å². The molecule has 2 nitrogen and oxygen atoms in total. The first-order chi connectivity index (χ1) is 9.32. The van der Waals surface area contributed by atoms with Gasteiger partial charge in [-0.1, -0.05) is 23.7 Å².